The van der Waals surface area contributed by atoms with Gasteiger partial charge in [0.25, 0.3) is 0 Å². The number of carbonyl (C=O) groups is 1. The number of nitrogens with one attached hydrogen (secondary N) is 2. The highest BCUT2D eigenvalue weighted by molar-refractivity contribution is 7.89. The maximum Gasteiger partial charge on any atom is 0.246 e. The fourth-order valence-electron chi connectivity index (χ4n) is 4.52. The maximum absolute atomic E-state index is 12.7. The van der Waals surface area contributed by atoms with E-state index in [4.69, 9.17) is 4.74 Å². The Balaban J connectivity index is 1.18. The van der Waals surface area contributed by atoms with Gasteiger partial charge in [-0.1, -0.05) is 12.1 Å². The fourth-order valence-corrected chi connectivity index (χ4v) is 5.82. The minimum atomic E-state index is -3.46. The zero-order chi connectivity index (χ0) is 23.7. The smallest absolute Gasteiger partial charge is 0.246 e. The number of likely N-dealkylation sites (tertiary alicyclic amines) is 1. The van der Waals surface area contributed by atoms with Crippen molar-refractivity contribution < 1.29 is 17.9 Å². The van der Waals surface area contributed by atoms with Crippen LogP contribution in [-0.4, -0.2) is 50.5 Å². The summed E-state index contributed by atoms with van der Waals surface area (Å²) in [6.45, 7) is 1.41. The zero-order valence-corrected chi connectivity index (χ0v) is 20.0. The number of amides is 1. The minimum Gasteiger partial charge on any atom is -0.497 e. The average molecular weight is 480 g/mol. The summed E-state index contributed by atoms with van der Waals surface area (Å²) in [5.74, 6) is 1.22. The van der Waals surface area contributed by atoms with Crippen LogP contribution in [0.15, 0.2) is 59.6 Å². The molecular formula is C26H29N3O4S. The van der Waals surface area contributed by atoms with Crippen molar-refractivity contribution in [1.29, 1.82) is 0 Å². The number of carbonyl (C=O) groups excluding carboxylic acids is 1. The van der Waals surface area contributed by atoms with E-state index in [2.05, 4.69) is 22.0 Å². The summed E-state index contributed by atoms with van der Waals surface area (Å²) in [6, 6.07) is 12.7. The second-order valence-electron chi connectivity index (χ2n) is 9.05. The Labute approximate surface area is 199 Å². The van der Waals surface area contributed by atoms with Gasteiger partial charge in [0.05, 0.1) is 12.0 Å². The van der Waals surface area contributed by atoms with Gasteiger partial charge in [0.15, 0.2) is 0 Å². The van der Waals surface area contributed by atoms with E-state index >= 15 is 0 Å². The van der Waals surface area contributed by atoms with Crippen molar-refractivity contribution in [3.05, 3.63) is 65.9 Å². The van der Waals surface area contributed by atoms with E-state index < -0.39 is 10.0 Å². The van der Waals surface area contributed by atoms with Crippen LogP contribution in [-0.2, 0) is 14.8 Å². The molecule has 0 spiro atoms. The molecule has 2 aromatic carbocycles. The molecule has 1 saturated heterocycles. The second kappa shape index (κ2) is 9.27. The molecule has 1 aliphatic heterocycles. The van der Waals surface area contributed by atoms with Crippen LogP contribution in [0.2, 0.25) is 0 Å². The van der Waals surface area contributed by atoms with E-state index in [1.165, 1.54) is 10.9 Å². The molecule has 1 aromatic heterocycles. The Kier molecular flexibility index (Phi) is 6.18. The monoisotopic (exact) mass is 479 g/mol. The van der Waals surface area contributed by atoms with E-state index in [-0.39, 0.29) is 16.8 Å². The van der Waals surface area contributed by atoms with Gasteiger partial charge in [-0.2, -0.15) is 0 Å². The minimum absolute atomic E-state index is 0.0221. The van der Waals surface area contributed by atoms with Gasteiger partial charge in [-0.3, -0.25) is 4.79 Å². The van der Waals surface area contributed by atoms with Crippen molar-refractivity contribution >= 4 is 32.9 Å². The van der Waals surface area contributed by atoms with Crippen molar-refractivity contribution in [2.24, 2.45) is 0 Å². The Morgan fingerprint density at radius 1 is 1.09 bits per heavy atom. The summed E-state index contributed by atoms with van der Waals surface area (Å²) >= 11 is 0. The third-order valence-corrected chi connectivity index (χ3v) is 8.21. The molecule has 2 aliphatic rings. The van der Waals surface area contributed by atoms with Crippen molar-refractivity contribution in [3.8, 4) is 5.75 Å². The van der Waals surface area contributed by atoms with Gasteiger partial charge < -0.3 is 14.6 Å². The summed E-state index contributed by atoms with van der Waals surface area (Å²) in [6.07, 6.45) is 9.00. The molecule has 0 unspecified atom stereocenters. The summed E-state index contributed by atoms with van der Waals surface area (Å²) in [7, 11) is -1.79. The lowest BCUT2D eigenvalue weighted by Gasteiger charge is -2.31. The number of hydrogen-bond acceptors (Lipinski definition) is 4. The summed E-state index contributed by atoms with van der Waals surface area (Å²) in [5, 5.41) is 1.18. The standard InChI is InChI=1S/C26H29N3O4S/c1-33-21-7-10-25-23(16-21)24(17-27-25)19-12-14-29(15-13-19)26(30)11-4-18-2-8-22(9-3-18)34(31,32)28-20-5-6-20/h2-4,7-11,16-17,19-20,27-28H,5-6,12-15H2,1H3/b11-4+. The van der Waals surface area contributed by atoms with Crippen molar-refractivity contribution in [1.82, 2.24) is 14.6 Å². The first-order valence-corrected chi connectivity index (χ1v) is 13.2. The number of sulfonamides is 1. The van der Waals surface area contributed by atoms with Crippen LogP contribution in [0.3, 0.4) is 0 Å². The Morgan fingerprint density at radius 3 is 2.50 bits per heavy atom. The van der Waals surface area contributed by atoms with Crippen LogP contribution in [0.4, 0.5) is 0 Å². The van der Waals surface area contributed by atoms with Gasteiger partial charge in [-0.15, -0.1) is 0 Å². The van der Waals surface area contributed by atoms with Gasteiger partial charge >= 0.3 is 0 Å². The average Bonchev–Trinajstić information content (AvgIpc) is 3.56. The molecule has 7 nitrogen and oxygen atoms in total. The van der Waals surface area contributed by atoms with Gasteiger partial charge in [0.1, 0.15) is 5.75 Å². The van der Waals surface area contributed by atoms with Crippen LogP contribution in [0.25, 0.3) is 17.0 Å². The molecule has 1 saturated carbocycles. The Bertz CT molecular complexity index is 1320. The highest BCUT2D eigenvalue weighted by Gasteiger charge is 2.28. The Hall–Kier alpha value is -3.10. The molecule has 1 aliphatic carbocycles. The lowest BCUT2D eigenvalue weighted by molar-refractivity contribution is -0.126. The number of nitrogens with zero attached hydrogens (tertiary/aromatic N) is 1. The number of benzene rings is 2. The fraction of sp³-hybridized carbons (Fsp3) is 0.346. The highest BCUT2D eigenvalue weighted by Crippen LogP contribution is 2.34. The first-order valence-electron chi connectivity index (χ1n) is 11.7. The van der Waals surface area contributed by atoms with Gasteiger partial charge in [-0.25, -0.2) is 13.1 Å². The van der Waals surface area contributed by atoms with E-state index in [9.17, 15) is 13.2 Å². The molecule has 0 atom stereocenters. The number of rotatable bonds is 7. The molecule has 2 fully saturated rings. The van der Waals surface area contributed by atoms with Gasteiger partial charge in [-0.05, 0) is 79.1 Å². The number of aromatic amines is 1. The van der Waals surface area contributed by atoms with Crippen LogP contribution in [0, 0.1) is 0 Å². The number of hydrogen-bond donors (Lipinski definition) is 2. The number of aromatic nitrogens is 1. The molecule has 0 bridgehead atoms. The number of H-pyrrole nitrogens is 1. The maximum atomic E-state index is 12.7. The number of piperidine rings is 1. The third-order valence-electron chi connectivity index (χ3n) is 6.68. The summed E-state index contributed by atoms with van der Waals surface area (Å²) in [5.41, 5.74) is 3.17. The normalized spacial score (nSPS) is 17.5. The summed E-state index contributed by atoms with van der Waals surface area (Å²) in [4.78, 5) is 18.2. The largest absolute Gasteiger partial charge is 0.497 e. The van der Waals surface area contributed by atoms with Crippen LogP contribution >= 0.6 is 0 Å². The molecule has 5 rings (SSSR count). The molecule has 2 heterocycles. The first kappa shape index (κ1) is 22.7. The Morgan fingerprint density at radius 2 is 1.82 bits per heavy atom. The molecule has 34 heavy (non-hydrogen) atoms. The predicted molar refractivity (Wildman–Crippen MR) is 132 cm³/mol. The van der Waals surface area contributed by atoms with E-state index in [0.29, 0.717) is 19.0 Å². The molecule has 178 valence electrons. The molecule has 2 N–H and O–H groups in total. The van der Waals surface area contributed by atoms with E-state index in [1.807, 2.05) is 17.0 Å². The zero-order valence-electron chi connectivity index (χ0n) is 19.2. The molecular weight excluding hydrogens is 450 g/mol. The molecule has 8 heteroatoms. The van der Waals surface area contributed by atoms with Gasteiger partial charge in [0, 0.05) is 42.3 Å². The lowest BCUT2D eigenvalue weighted by atomic mass is 9.89. The summed E-state index contributed by atoms with van der Waals surface area (Å²) < 4.78 is 32.6. The van der Waals surface area contributed by atoms with Crippen molar-refractivity contribution in [2.45, 2.75) is 42.5 Å². The predicted octanol–water partition coefficient (Wildman–Crippen LogP) is 4.04. The number of fused-ring (bicyclic) bond motifs is 1. The first-order chi connectivity index (χ1) is 16.4. The van der Waals surface area contributed by atoms with E-state index in [0.717, 1.165) is 42.5 Å². The molecule has 1 amide bonds. The lowest BCUT2D eigenvalue weighted by Crippen LogP contribution is -2.36. The number of methoxy groups -OCH3 is 1. The highest BCUT2D eigenvalue weighted by atomic mass is 32.2. The second-order valence-corrected chi connectivity index (χ2v) is 10.8. The molecule has 0 radical (unpaired) electrons. The SMILES string of the molecule is COc1ccc2[nH]cc(C3CCN(C(=O)/C=C/c4ccc(S(=O)(=O)NC5CC5)cc4)CC3)c2c1. The van der Waals surface area contributed by atoms with Gasteiger partial charge in [0.2, 0.25) is 15.9 Å². The molecule has 3 aromatic rings. The van der Waals surface area contributed by atoms with Crippen molar-refractivity contribution in [3.63, 3.8) is 0 Å². The quantitative estimate of drug-likeness (QED) is 0.501. The van der Waals surface area contributed by atoms with Crippen LogP contribution < -0.4 is 9.46 Å². The van der Waals surface area contributed by atoms with E-state index in [1.54, 1.807) is 43.5 Å². The number of ether oxygens (including phenoxy) is 1. The third kappa shape index (κ3) is 4.88. The van der Waals surface area contributed by atoms with Crippen LogP contribution in [0.1, 0.15) is 42.7 Å². The van der Waals surface area contributed by atoms with Crippen molar-refractivity contribution in [2.75, 3.05) is 20.2 Å². The van der Waals surface area contributed by atoms with Crippen LogP contribution in [0.5, 0.6) is 5.75 Å². The topological polar surface area (TPSA) is 91.5 Å².